The molecule has 0 aromatic carbocycles. The average Bonchev–Trinajstić information content (AvgIpc) is 2.56. The van der Waals surface area contributed by atoms with Crippen LogP contribution >= 0.6 is 0 Å². The first-order valence-corrected chi connectivity index (χ1v) is 4.67. The fourth-order valence-corrected chi connectivity index (χ4v) is 1.77. The van der Waals surface area contributed by atoms with Gasteiger partial charge in [0.25, 0.3) is 5.56 Å². The predicted octanol–water partition coefficient (Wildman–Crippen LogP) is 0.691. The molecule has 0 bridgehead atoms. The number of nitrogens with one attached hydrogen (secondary N) is 1. The maximum Gasteiger partial charge on any atom is 0.251 e. The Kier molecular flexibility index (Phi) is 2.19. The molecule has 1 fully saturated rings. The van der Waals surface area contributed by atoms with Crippen LogP contribution in [-0.2, 0) is 0 Å². The second kappa shape index (κ2) is 3.34. The summed E-state index contributed by atoms with van der Waals surface area (Å²) in [7, 11) is 0. The van der Waals surface area contributed by atoms with E-state index in [0.29, 0.717) is 6.04 Å². The van der Waals surface area contributed by atoms with Crippen molar-refractivity contribution in [3.63, 3.8) is 0 Å². The Morgan fingerprint density at radius 3 is 3.08 bits per heavy atom. The zero-order valence-electron chi connectivity index (χ0n) is 7.79. The van der Waals surface area contributed by atoms with Crippen molar-refractivity contribution in [3.8, 4) is 0 Å². The first kappa shape index (κ1) is 8.51. The second-order valence-electron chi connectivity index (χ2n) is 3.60. The first-order valence-electron chi connectivity index (χ1n) is 4.67. The van der Waals surface area contributed by atoms with Crippen molar-refractivity contribution in [1.82, 2.24) is 9.88 Å². The Morgan fingerprint density at radius 1 is 1.62 bits per heavy atom. The topological polar surface area (TPSA) is 34.0 Å². The molecule has 1 aliphatic heterocycles. The molecule has 1 aromatic heterocycles. The van der Waals surface area contributed by atoms with Crippen LogP contribution in [0.5, 0.6) is 0 Å². The Balaban J connectivity index is 2.34. The maximum absolute atomic E-state index is 11.6. The zero-order valence-corrected chi connectivity index (χ0v) is 7.79. The fraction of sp³-hybridized carbons (Fsp3) is 0.500. The normalized spacial score (nSPS) is 22.1. The molecule has 1 N–H and O–H groups in total. The van der Waals surface area contributed by atoms with Crippen molar-refractivity contribution in [1.29, 1.82) is 0 Å². The zero-order chi connectivity index (χ0) is 9.26. The van der Waals surface area contributed by atoms with Crippen LogP contribution in [0.3, 0.4) is 0 Å². The third-order valence-corrected chi connectivity index (χ3v) is 2.53. The van der Waals surface area contributed by atoms with Gasteiger partial charge in [-0.25, -0.2) is 0 Å². The van der Waals surface area contributed by atoms with Gasteiger partial charge in [-0.15, -0.1) is 0 Å². The van der Waals surface area contributed by atoms with Gasteiger partial charge < -0.3 is 9.88 Å². The largest absolute Gasteiger partial charge is 0.315 e. The maximum atomic E-state index is 11.6. The molecule has 0 saturated carbocycles. The van der Waals surface area contributed by atoms with Crippen LogP contribution in [0.15, 0.2) is 23.1 Å². The van der Waals surface area contributed by atoms with Crippen LogP contribution in [0.1, 0.15) is 18.0 Å². The van der Waals surface area contributed by atoms with Crippen molar-refractivity contribution in [2.75, 3.05) is 13.1 Å². The van der Waals surface area contributed by atoms with E-state index < -0.39 is 0 Å². The van der Waals surface area contributed by atoms with Crippen molar-refractivity contribution in [2.45, 2.75) is 19.4 Å². The molecule has 1 saturated heterocycles. The summed E-state index contributed by atoms with van der Waals surface area (Å²) >= 11 is 0. The SMILES string of the molecule is Cc1ccn(C2CCNC2)c(=O)c1. The standard InChI is InChI=1S/C10H14N2O/c1-8-3-5-12(10(13)6-8)9-2-4-11-7-9/h3,5-6,9,11H,2,4,7H2,1H3. The molecule has 13 heavy (non-hydrogen) atoms. The number of aryl methyl sites for hydroxylation is 1. The van der Waals surface area contributed by atoms with Crippen molar-refractivity contribution < 1.29 is 0 Å². The van der Waals surface area contributed by atoms with Gasteiger partial charge in [0.1, 0.15) is 0 Å². The summed E-state index contributed by atoms with van der Waals surface area (Å²) in [5, 5.41) is 3.25. The van der Waals surface area contributed by atoms with Gasteiger partial charge in [0.2, 0.25) is 0 Å². The van der Waals surface area contributed by atoms with Gasteiger partial charge in [-0.2, -0.15) is 0 Å². The monoisotopic (exact) mass is 178 g/mol. The van der Waals surface area contributed by atoms with Gasteiger partial charge in [0.05, 0.1) is 6.04 Å². The number of aromatic nitrogens is 1. The fourth-order valence-electron chi connectivity index (χ4n) is 1.77. The van der Waals surface area contributed by atoms with E-state index in [0.717, 1.165) is 25.1 Å². The lowest BCUT2D eigenvalue weighted by Gasteiger charge is -2.12. The molecule has 70 valence electrons. The number of hydrogen-bond donors (Lipinski definition) is 1. The third kappa shape index (κ3) is 1.65. The molecule has 1 aliphatic rings. The van der Waals surface area contributed by atoms with Crippen LogP contribution in [0, 0.1) is 6.92 Å². The third-order valence-electron chi connectivity index (χ3n) is 2.53. The highest BCUT2D eigenvalue weighted by atomic mass is 16.1. The highest BCUT2D eigenvalue weighted by Gasteiger charge is 2.16. The molecule has 2 heterocycles. The highest BCUT2D eigenvalue weighted by Crippen LogP contribution is 2.11. The lowest BCUT2D eigenvalue weighted by molar-refractivity contribution is 0.528. The van der Waals surface area contributed by atoms with E-state index in [4.69, 9.17) is 0 Å². The minimum atomic E-state index is 0.119. The van der Waals surface area contributed by atoms with E-state index in [1.54, 1.807) is 6.07 Å². The predicted molar refractivity (Wildman–Crippen MR) is 52.0 cm³/mol. The Labute approximate surface area is 77.4 Å². The van der Waals surface area contributed by atoms with Crippen molar-refractivity contribution >= 4 is 0 Å². The first-order chi connectivity index (χ1) is 6.27. The summed E-state index contributed by atoms with van der Waals surface area (Å²) in [5.41, 5.74) is 1.15. The summed E-state index contributed by atoms with van der Waals surface area (Å²) < 4.78 is 1.83. The number of pyridine rings is 1. The van der Waals surface area contributed by atoms with E-state index in [1.807, 2.05) is 23.8 Å². The van der Waals surface area contributed by atoms with Crippen LogP contribution in [0.2, 0.25) is 0 Å². The molecular formula is C10H14N2O. The van der Waals surface area contributed by atoms with Gasteiger partial charge in [-0.1, -0.05) is 0 Å². The van der Waals surface area contributed by atoms with Crippen LogP contribution in [-0.4, -0.2) is 17.7 Å². The molecule has 3 nitrogen and oxygen atoms in total. The molecule has 0 spiro atoms. The van der Waals surface area contributed by atoms with Crippen LogP contribution < -0.4 is 10.9 Å². The van der Waals surface area contributed by atoms with Crippen LogP contribution in [0.4, 0.5) is 0 Å². The second-order valence-corrected chi connectivity index (χ2v) is 3.60. The van der Waals surface area contributed by atoms with E-state index in [2.05, 4.69) is 5.32 Å². The van der Waals surface area contributed by atoms with Gasteiger partial charge in [-0.05, 0) is 31.5 Å². The van der Waals surface area contributed by atoms with Crippen molar-refractivity contribution in [2.24, 2.45) is 0 Å². The number of hydrogen-bond acceptors (Lipinski definition) is 2. The molecule has 3 heteroatoms. The summed E-state index contributed by atoms with van der Waals surface area (Å²) in [6, 6.07) is 4.03. The van der Waals surface area contributed by atoms with Gasteiger partial charge in [0.15, 0.2) is 0 Å². The minimum Gasteiger partial charge on any atom is -0.315 e. The summed E-state index contributed by atoms with van der Waals surface area (Å²) in [4.78, 5) is 11.6. The molecular weight excluding hydrogens is 164 g/mol. The Morgan fingerprint density at radius 2 is 2.46 bits per heavy atom. The van der Waals surface area contributed by atoms with E-state index in [9.17, 15) is 4.79 Å². The smallest absolute Gasteiger partial charge is 0.251 e. The summed E-state index contributed by atoms with van der Waals surface area (Å²) in [6.07, 6.45) is 2.96. The summed E-state index contributed by atoms with van der Waals surface area (Å²) in [6.45, 7) is 3.88. The van der Waals surface area contributed by atoms with E-state index in [-0.39, 0.29) is 5.56 Å². The molecule has 0 aliphatic carbocycles. The molecule has 0 radical (unpaired) electrons. The minimum absolute atomic E-state index is 0.119. The highest BCUT2D eigenvalue weighted by molar-refractivity contribution is 5.09. The Bertz CT molecular complexity index is 350. The van der Waals surface area contributed by atoms with Gasteiger partial charge in [0, 0.05) is 18.8 Å². The lowest BCUT2D eigenvalue weighted by atomic mass is 10.2. The van der Waals surface area contributed by atoms with Gasteiger partial charge in [-0.3, -0.25) is 4.79 Å². The average molecular weight is 178 g/mol. The molecule has 1 atom stereocenters. The van der Waals surface area contributed by atoms with E-state index >= 15 is 0 Å². The molecule has 0 amide bonds. The molecule has 1 aromatic rings. The Hall–Kier alpha value is -1.09. The summed E-state index contributed by atoms with van der Waals surface area (Å²) in [5.74, 6) is 0. The van der Waals surface area contributed by atoms with Gasteiger partial charge >= 0.3 is 0 Å². The number of nitrogens with zero attached hydrogens (tertiary/aromatic N) is 1. The van der Waals surface area contributed by atoms with Crippen molar-refractivity contribution in [3.05, 3.63) is 34.2 Å². The molecule has 1 unspecified atom stereocenters. The quantitative estimate of drug-likeness (QED) is 0.686. The van der Waals surface area contributed by atoms with Crippen LogP contribution in [0.25, 0.3) is 0 Å². The number of rotatable bonds is 1. The van der Waals surface area contributed by atoms with E-state index in [1.165, 1.54) is 0 Å². The molecule has 2 rings (SSSR count). The lowest BCUT2D eigenvalue weighted by Crippen LogP contribution is -2.25.